The second kappa shape index (κ2) is 7.89. The largest absolute Gasteiger partial charge is 0.351 e. The van der Waals surface area contributed by atoms with E-state index in [4.69, 9.17) is 0 Å². The van der Waals surface area contributed by atoms with Gasteiger partial charge in [-0.15, -0.1) is 0 Å². The van der Waals surface area contributed by atoms with Gasteiger partial charge in [-0.2, -0.15) is 5.26 Å². The maximum Gasteiger partial charge on any atom is 0.261 e. The molecule has 3 rings (SSSR count). The fourth-order valence-corrected chi connectivity index (χ4v) is 2.64. The first kappa shape index (κ1) is 16.4. The number of rotatable bonds is 5. The predicted octanol–water partition coefficient (Wildman–Crippen LogP) is 3.50. The molecule has 25 heavy (non-hydrogen) atoms. The number of fused-ring (bicyclic) bond motifs is 1. The normalized spacial score (nSPS) is 11.1. The van der Waals surface area contributed by atoms with Gasteiger partial charge in [-0.3, -0.25) is 9.78 Å². The molecule has 2 aromatic carbocycles. The number of carbonyl (C=O) groups is 1. The van der Waals surface area contributed by atoms with Crippen LogP contribution in [0.1, 0.15) is 11.1 Å². The maximum atomic E-state index is 12.3. The Labute approximate surface area is 146 Å². The molecule has 0 atom stereocenters. The highest BCUT2D eigenvalue weighted by Gasteiger charge is 2.09. The highest BCUT2D eigenvalue weighted by atomic mass is 16.1. The lowest BCUT2D eigenvalue weighted by atomic mass is 10.0. The van der Waals surface area contributed by atoms with Crippen LogP contribution in [0.5, 0.6) is 0 Å². The molecule has 1 N–H and O–H groups in total. The minimum absolute atomic E-state index is 0.0948. The summed E-state index contributed by atoms with van der Waals surface area (Å²) in [6.45, 7) is 0.487. The Hall–Kier alpha value is -3.45. The van der Waals surface area contributed by atoms with Gasteiger partial charge in [0.15, 0.2) is 0 Å². The summed E-state index contributed by atoms with van der Waals surface area (Å²) in [7, 11) is 0. The van der Waals surface area contributed by atoms with E-state index < -0.39 is 0 Å². The van der Waals surface area contributed by atoms with Gasteiger partial charge in [0.05, 0.1) is 0 Å². The van der Waals surface area contributed by atoms with Crippen molar-refractivity contribution in [2.24, 2.45) is 0 Å². The molecule has 0 radical (unpaired) electrons. The third-order valence-corrected chi connectivity index (χ3v) is 3.92. The molecular weight excluding hydrogens is 310 g/mol. The summed E-state index contributed by atoms with van der Waals surface area (Å²) in [5.74, 6) is -0.357. The summed E-state index contributed by atoms with van der Waals surface area (Å²) in [6.07, 6.45) is 5.82. The molecule has 122 valence electrons. The molecule has 3 aromatic rings. The van der Waals surface area contributed by atoms with Crippen LogP contribution >= 0.6 is 0 Å². The molecule has 0 aliphatic rings. The lowest BCUT2D eigenvalue weighted by Gasteiger charge is -2.06. The standard InChI is InChI=1S/C21H17N3O/c22-14-19(21(25)24-12-9-16-5-2-1-3-6-16)13-17-7-4-8-18-15-23-11-10-20(17)18/h1-8,10-11,13,15H,9,12H2,(H,24,25). The summed E-state index contributed by atoms with van der Waals surface area (Å²) in [4.78, 5) is 16.4. The molecule has 0 bridgehead atoms. The molecule has 0 saturated heterocycles. The molecule has 0 unspecified atom stereocenters. The quantitative estimate of drug-likeness (QED) is 0.576. The summed E-state index contributed by atoms with van der Waals surface area (Å²) < 4.78 is 0. The van der Waals surface area contributed by atoms with Gasteiger partial charge >= 0.3 is 0 Å². The lowest BCUT2D eigenvalue weighted by Crippen LogP contribution is -2.26. The van der Waals surface area contributed by atoms with E-state index >= 15 is 0 Å². The number of carbonyl (C=O) groups excluding carboxylic acids is 1. The zero-order valence-electron chi connectivity index (χ0n) is 13.6. The topological polar surface area (TPSA) is 65.8 Å². The average molecular weight is 327 g/mol. The van der Waals surface area contributed by atoms with Crippen molar-refractivity contribution < 1.29 is 4.79 Å². The van der Waals surface area contributed by atoms with Crippen molar-refractivity contribution in [3.63, 3.8) is 0 Å². The van der Waals surface area contributed by atoms with Crippen LogP contribution in [-0.4, -0.2) is 17.4 Å². The average Bonchev–Trinajstić information content (AvgIpc) is 2.67. The maximum absolute atomic E-state index is 12.3. The summed E-state index contributed by atoms with van der Waals surface area (Å²) in [6, 6.07) is 19.5. The van der Waals surface area contributed by atoms with Crippen molar-refractivity contribution in [1.82, 2.24) is 10.3 Å². The number of nitrogens with one attached hydrogen (secondary N) is 1. The minimum Gasteiger partial charge on any atom is -0.351 e. The highest BCUT2D eigenvalue weighted by Crippen LogP contribution is 2.20. The lowest BCUT2D eigenvalue weighted by molar-refractivity contribution is -0.117. The summed E-state index contributed by atoms with van der Waals surface area (Å²) in [5, 5.41) is 14.1. The molecule has 1 amide bonds. The first-order valence-electron chi connectivity index (χ1n) is 8.04. The Kier molecular flexibility index (Phi) is 5.18. The molecule has 4 heteroatoms. The van der Waals surface area contributed by atoms with E-state index in [2.05, 4.69) is 10.3 Å². The van der Waals surface area contributed by atoms with Crippen LogP contribution in [0.3, 0.4) is 0 Å². The van der Waals surface area contributed by atoms with Crippen molar-refractivity contribution in [2.45, 2.75) is 6.42 Å². The van der Waals surface area contributed by atoms with Gasteiger partial charge in [-0.05, 0) is 35.1 Å². The molecule has 0 aliphatic carbocycles. The first-order valence-corrected chi connectivity index (χ1v) is 8.04. The van der Waals surface area contributed by atoms with Crippen molar-refractivity contribution >= 4 is 22.8 Å². The van der Waals surface area contributed by atoms with Crippen molar-refractivity contribution in [1.29, 1.82) is 5.26 Å². The van der Waals surface area contributed by atoms with Crippen molar-refractivity contribution in [3.05, 3.63) is 83.7 Å². The second-order valence-electron chi connectivity index (χ2n) is 5.61. The number of pyridine rings is 1. The Morgan fingerprint density at radius 2 is 1.96 bits per heavy atom. The Morgan fingerprint density at radius 3 is 2.76 bits per heavy atom. The van der Waals surface area contributed by atoms with Crippen LogP contribution in [0.2, 0.25) is 0 Å². The fraction of sp³-hybridized carbons (Fsp3) is 0.0952. The minimum atomic E-state index is -0.357. The molecule has 0 aliphatic heterocycles. The number of benzene rings is 2. The van der Waals surface area contributed by atoms with Crippen LogP contribution in [0, 0.1) is 11.3 Å². The van der Waals surface area contributed by atoms with Gasteiger partial charge < -0.3 is 5.32 Å². The SMILES string of the molecule is N#CC(=Cc1cccc2cnccc12)C(=O)NCCc1ccccc1. The van der Waals surface area contributed by atoms with Crippen molar-refractivity contribution in [3.8, 4) is 6.07 Å². The Bertz CT molecular complexity index is 950. The molecular formula is C21H17N3O. The zero-order valence-corrected chi connectivity index (χ0v) is 13.6. The number of nitrogens with zero attached hydrogens (tertiary/aromatic N) is 2. The Morgan fingerprint density at radius 1 is 1.12 bits per heavy atom. The first-order chi connectivity index (χ1) is 12.3. The highest BCUT2D eigenvalue weighted by molar-refractivity contribution is 6.04. The van der Waals surface area contributed by atoms with E-state index in [1.165, 1.54) is 0 Å². The van der Waals surface area contributed by atoms with E-state index in [0.717, 1.165) is 28.3 Å². The predicted molar refractivity (Wildman–Crippen MR) is 98.5 cm³/mol. The Balaban J connectivity index is 1.73. The number of hydrogen-bond acceptors (Lipinski definition) is 3. The molecule has 1 aromatic heterocycles. The monoisotopic (exact) mass is 327 g/mol. The van der Waals surface area contributed by atoms with Gasteiger partial charge in [0.2, 0.25) is 0 Å². The third-order valence-electron chi connectivity index (χ3n) is 3.92. The van der Waals surface area contributed by atoms with E-state index in [9.17, 15) is 10.1 Å². The molecule has 4 nitrogen and oxygen atoms in total. The van der Waals surface area contributed by atoms with Crippen molar-refractivity contribution in [2.75, 3.05) is 6.54 Å². The number of amides is 1. The number of nitriles is 1. The van der Waals surface area contributed by atoms with E-state index in [0.29, 0.717) is 6.54 Å². The number of hydrogen-bond donors (Lipinski definition) is 1. The van der Waals surface area contributed by atoms with E-state index in [1.807, 2.05) is 60.7 Å². The van der Waals surface area contributed by atoms with Gasteiger partial charge in [-0.1, -0.05) is 48.5 Å². The number of aromatic nitrogens is 1. The van der Waals surface area contributed by atoms with Gasteiger partial charge in [0.1, 0.15) is 11.6 Å². The van der Waals surface area contributed by atoms with Crippen LogP contribution < -0.4 is 5.32 Å². The summed E-state index contributed by atoms with van der Waals surface area (Å²) >= 11 is 0. The van der Waals surface area contributed by atoms with Crippen LogP contribution in [0.4, 0.5) is 0 Å². The van der Waals surface area contributed by atoms with Crippen LogP contribution in [0.15, 0.2) is 72.6 Å². The summed E-state index contributed by atoms with van der Waals surface area (Å²) in [5.41, 5.74) is 2.07. The molecule has 0 saturated carbocycles. The van der Waals surface area contributed by atoms with Crippen LogP contribution in [0.25, 0.3) is 16.8 Å². The fourth-order valence-electron chi connectivity index (χ4n) is 2.64. The smallest absolute Gasteiger partial charge is 0.261 e. The van der Waals surface area contributed by atoms with Gasteiger partial charge in [-0.25, -0.2) is 0 Å². The van der Waals surface area contributed by atoms with E-state index in [-0.39, 0.29) is 11.5 Å². The molecule has 1 heterocycles. The zero-order chi connectivity index (χ0) is 17.5. The van der Waals surface area contributed by atoms with E-state index in [1.54, 1.807) is 18.5 Å². The molecule has 0 fully saturated rings. The van der Waals surface area contributed by atoms with Gasteiger partial charge in [0, 0.05) is 24.3 Å². The van der Waals surface area contributed by atoms with Crippen LogP contribution in [-0.2, 0) is 11.2 Å². The second-order valence-corrected chi connectivity index (χ2v) is 5.61. The molecule has 0 spiro atoms. The third kappa shape index (κ3) is 4.10. The van der Waals surface area contributed by atoms with Gasteiger partial charge in [0.25, 0.3) is 5.91 Å².